The largest absolute Gasteiger partial charge is 0.489 e. The Labute approximate surface area is 193 Å². The lowest BCUT2D eigenvalue weighted by Gasteiger charge is -2.23. The van der Waals surface area contributed by atoms with Crippen LogP contribution in [0.25, 0.3) is 0 Å². The average Bonchev–Trinajstić information content (AvgIpc) is 2.79. The summed E-state index contributed by atoms with van der Waals surface area (Å²) in [6.07, 6.45) is 3.10. The van der Waals surface area contributed by atoms with Gasteiger partial charge in [-0.2, -0.15) is 4.72 Å². The van der Waals surface area contributed by atoms with Crippen molar-refractivity contribution in [1.82, 2.24) is 4.72 Å². The van der Waals surface area contributed by atoms with Gasteiger partial charge in [-0.15, -0.1) is 0 Å². The lowest BCUT2D eigenvalue weighted by Crippen LogP contribution is -2.41. The predicted molar refractivity (Wildman–Crippen MR) is 125 cm³/mol. The van der Waals surface area contributed by atoms with E-state index in [1.165, 1.54) is 38.1 Å². The maximum Gasteiger partial charge on any atom is 0.242 e. The SMILES string of the molecule is CC(=O)Nc1ccc(S(=O)(=O)N[C@@H](C)C(=O)Nc2ccccc2OCC2CCCCO2)cc1. The highest BCUT2D eigenvalue weighted by atomic mass is 32.2. The van der Waals surface area contributed by atoms with Crippen LogP contribution in [0.2, 0.25) is 0 Å². The van der Waals surface area contributed by atoms with E-state index in [0.29, 0.717) is 23.7 Å². The smallest absolute Gasteiger partial charge is 0.242 e. The van der Waals surface area contributed by atoms with Crippen LogP contribution in [0.5, 0.6) is 5.75 Å². The fourth-order valence-electron chi connectivity index (χ4n) is 3.33. The van der Waals surface area contributed by atoms with Crippen molar-refractivity contribution in [1.29, 1.82) is 0 Å². The van der Waals surface area contributed by atoms with Gasteiger partial charge in [0, 0.05) is 19.2 Å². The van der Waals surface area contributed by atoms with E-state index in [1.54, 1.807) is 24.3 Å². The topological polar surface area (TPSA) is 123 Å². The molecule has 33 heavy (non-hydrogen) atoms. The summed E-state index contributed by atoms with van der Waals surface area (Å²) < 4.78 is 39.2. The third kappa shape index (κ3) is 7.28. The zero-order valence-corrected chi connectivity index (χ0v) is 19.5. The quantitative estimate of drug-likeness (QED) is 0.513. The molecule has 2 atom stereocenters. The number of hydrogen-bond acceptors (Lipinski definition) is 6. The fourth-order valence-corrected chi connectivity index (χ4v) is 4.54. The van der Waals surface area contributed by atoms with Crippen LogP contribution in [0.15, 0.2) is 53.4 Å². The molecular weight excluding hydrogens is 446 g/mol. The van der Waals surface area contributed by atoms with Gasteiger partial charge in [0.05, 0.1) is 22.7 Å². The summed E-state index contributed by atoms with van der Waals surface area (Å²) >= 11 is 0. The first-order valence-corrected chi connectivity index (χ1v) is 12.3. The Morgan fingerprint density at radius 1 is 1.09 bits per heavy atom. The standard InChI is InChI=1S/C23H29N3O6S/c1-16(26-33(29,30)20-12-10-18(11-13-20)24-17(2)27)23(28)25-21-8-3-4-9-22(21)32-15-19-7-5-6-14-31-19/h3-4,8-13,16,19,26H,5-7,14-15H2,1-2H3,(H,24,27)(H,25,28)/t16-,19?/m0/s1. The summed E-state index contributed by atoms with van der Waals surface area (Å²) in [7, 11) is -3.95. The van der Waals surface area contributed by atoms with Crippen molar-refractivity contribution in [3.05, 3.63) is 48.5 Å². The van der Waals surface area contributed by atoms with Crippen molar-refractivity contribution in [3.8, 4) is 5.75 Å². The van der Waals surface area contributed by atoms with Crippen LogP contribution in [0.4, 0.5) is 11.4 Å². The highest BCUT2D eigenvalue weighted by Gasteiger charge is 2.23. The Morgan fingerprint density at radius 3 is 2.48 bits per heavy atom. The fraction of sp³-hybridized carbons (Fsp3) is 0.391. The van der Waals surface area contributed by atoms with Crippen molar-refractivity contribution in [2.75, 3.05) is 23.8 Å². The minimum atomic E-state index is -3.95. The Morgan fingerprint density at radius 2 is 1.82 bits per heavy atom. The summed E-state index contributed by atoms with van der Waals surface area (Å²) in [5.74, 6) is -0.299. The second-order valence-electron chi connectivity index (χ2n) is 7.83. The molecule has 3 N–H and O–H groups in total. The number of sulfonamides is 1. The van der Waals surface area contributed by atoms with Gasteiger partial charge in [-0.05, 0) is 62.6 Å². The number of hydrogen-bond donors (Lipinski definition) is 3. The Balaban J connectivity index is 1.60. The monoisotopic (exact) mass is 475 g/mol. The second kappa shape index (κ2) is 11.3. The van der Waals surface area contributed by atoms with Crippen molar-refractivity contribution in [2.24, 2.45) is 0 Å². The van der Waals surface area contributed by atoms with E-state index in [2.05, 4.69) is 15.4 Å². The molecule has 0 radical (unpaired) electrons. The molecule has 0 aliphatic carbocycles. The van der Waals surface area contributed by atoms with Gasteiger partial charge in [-0.25, -0.2) is 8.42 Å². The predicted octanol–water partition coefficient (Wildman–Crippen LogP) is 2.90. The molecule has 1 aliphatic rings. The minimum Gasteiger partial charge on any atom is -0.489 e. The zero-order valence-electron chi connectivity index (χ0n) is 18.7. The molecule has 0 aromatic heterocycles. The lowest BCUT2D eigenvalue weighted by molar-refractivity contribution is -0.117. The van der Waals surface area contributed by atoms with E-state index >= 15 is 0 Å². The van der Waals surface area contributed by atoms with Gasteiger partial charge in [-0.1, -0.05) is 12.1 Å². The molecule has 2 aromatic carbocycles. The summed E-state index contributed by atoms with van der Waals surface area (Å²) in [6.45, 7) is 3.92. The maximum atomic E-state index is 12.7. The van der Waals surface area contributed by atoms with Crippen LogP contribution in [0.1, 0.15) is 33.1 Å². The minimum absolute atomic E-state index is 0.0188. The van der Waals surface area contributed by atoms with Gasteiger partial charge in [-0.3, -0.25) is 9.59 Å². The second-order valence-corrected chi connectivity index (χ2v) is 9.55. The summed E-state index contributed by atoms with van der Waals surface area (Å²) in [5.41, 5.74) is 0.923. The molecule has 1 aliphatic heterocycles. The highest BCUT2D eigenvalue weighted by molar-refractivity contribution is 7.89. The number of ether oxygens (including phenoxy) is 2. The third-order valence-electron chi connectivity index (χ3n) is 5.05. The van der Waals surface area contributed by atoms with E-state index in [-0.39, 0.29) is 16.9 Å². The first-order valence-electron chi connectivity index (χ1n) is 10.8. The Bertz CT molecular complexity index is 1070. The Kier molecular flexibility index (Phi) is 8.43. The van der Waals surface area contributed by atoms with Gasteiger partial charge >= 0.3 is 0 Å². The van der Waals surface area contributed by atoms with Crippen molar-refractivity contribution < 1.29 is 27.5 Å². The average molecular weight is 476 g/mol. The first kappa shape index (κ1) is 24.7. The molecule has 2 aromatic rings. The molecule has 1 heterocycles. The van der Waals surface area contributed by atoms with E-state index < -0.39 is 22.0 Å². The van der Waals surface area contributed by atoms with Crippen molar-refractivity contribution in [2.45, 2.75) is 50.2 Å². The molecule has 1 unspecified atom stereocenters. The van der Waals surface area contributed by atoms with Gasteiger partial charge in [0.15, 0.2) is 0 Å². The Hall–Kier alpha value is -2.95. The number of amides is 2. The van der Waals surface area contributed by atoms with Crippen molar-refractivity contribution >= 4 is 33.2 Å². The third-order valence-corrected chi connectivity index (χ3v) is 6.61. The molecule has 1 fully saturated rings. The van der Waals surface area contributed by atoms with E-state index in [0.717, 1.165) is 25.9 Å². The summed E-state index contributed by atoms with van der Waals surface area (Å²) in [5, 5.41) is 5.29. The zero-order chi connectivity index (χ0) is 23.8. The van der Waals surface area contributed by atoms with Gasteiger partial charge in [0.1, 0.15) is 12.4 Å². The van der Waals surface area contributed by atoms with Crippen molar-refractivity contribution in [3.63, 3.8) is 0 Å². The highest BCUT2D eigenvalue weighted by Crippen LogP contribution is 2.25. The molecule has 178 valence electrons. The van der Waals surface area contributed by atoms with Crippen LogP contribution < -0.4 is 20.1 Å². The number of carbonyl (C=O) groups is 2. The van der Waals surface area contributed by atoms with E-state index in [4.69, 9.17) is 9.47 Å². The van der Waals surface area contributed by atoms with Crippen LogP contribution in [-0.2, 0) is 24.3 Å². The maximum absolute atomic E-state index is 12.7. The molecule has 3 rings (SSSR count). The lowest BCUT2D eigenvalue weighted by atomic mass is 10.1. The van der Waals surface area contributed by atoms with Crippen LogP contribution in [-0.4, -0.2) is 45.6 Å². The van der Waals surface area contributed by atoms with Gasteiger partial charge < -0.3 is 20.1 Å². The molecule has 1 saturated heterocycles. The summed E-state index contributed by atoms with van der Waals surface area (Å²) in [4.78, 5) is 23.8. The number of benzene rings is 2. The molecule has 2 amide bonds. The first-order chi connectivity index (χ1) is 15.7. The molecule has 0 bridgehead atoms. The molecule has 10 heteroatoms. The van der Waals surface area contributed by atoms with Gasteiger partial charge in [0.2, 0.25) is 21.8 Å². The molecule has 9 nitrogen and oxygen atoms in total. The number of para-hydroxylation sites is 2. The van der Waals surface area contributed by atoms with Crippen LogP contribution in [0, 0.1) is 0 Å². The summed E-state index contributed by atoms with van der Waals surface area (Å²) in [6, 6.07) is 11.6. The number of anilines is 2. The van der Waals surface area contributed by atoms with Crippen LogP contribution in [0.3, 0.4) is 0 Å². The number of rotatable bonds is 9. The molecular formula is C23H29N3O6S. The van der Waals surface area contributed by atoms with Crippen LogP contribution >= 0.6 is 0 Å². The van der Waals surface area contributed by atoms with E-state index in [1.807, 2.05) is 0 Å². The number of nitrogens with one attached hydrogen (secondary N) is 3. The van der Waals surface area contributed by atoms with Gasteiger partial charge in [0.25, 0.3) is 0 Å². The normalized spacial score (nSPS) is 17.1. The van der Waals surface area contributed by atoms with E-state index in [9.17, 15) is 18.0 Å². The molecule has 0 spiro atoms. The molecule has 0 saturated carbocycles. The number of carbonyl (C=O) groups excluding carboxylic acids is 2.